The summed E-state index contributed by atoms with van der Waals surface area (Å²) < 4.78 is 47.3. The molecule has 0 aromatic heterocycles. The molecule has 0 amide bonds. The average Bonchev–Trinajstić information content (AvgIpc) is 2.25. The lowest BCUT2D eigenvalue weighted by molar-refractivity contribution is -0.149. The Morgan fingerprint density at radius 1 is 1.12 bits per heavy atom. The van der Waals surface area contributed by atoms with Crippen LogP contribution in [0.4, 0.5) is 13.2 Å². The van der Waals surface area contributed by atoms with E-state index in [-0.39, 0.29) is 29.5 Å². The second kappa shape index (κ2) is 5.97. The molecular weight excluding hydrogens is 259 g/mol. The van der Waals surface area contributed by atoms with E-state index in [1.807, 2.05) is 0 Å². The highest BCUT2D eigenvalue weighted by molar-refractivity contribution is 5.85. The van der Waals surface area contributed by atoms with Crippen molar-refractivity contribution in [3.05, 3.63) is 23.8 Å². The Morgan fingerprint density at radius 2 is 1.53 bits per heavy atom. The fraction of sp³-hybridized carbons (Fsp3) is 0.400. The number of rotatable bonds is 3. The van der Waals surface area contributed by atoms with E-state index in [2.05, 4.69) is 0 Å². The maximum absolute atomic E-state index is 12.5. The van der Waals surface area contributed by atoms with E-state index < -0.39 is 12.2 Å². The molecule has 0 heterocycles. The zero-order chi connectivity index (χ0) is 12.3. The van der Waals surface area contributed by atoms with Crippen LogP contribution < -0.4 is 15.2 Å². The molecule has 3 nitrogen and oxygen atoms in total. The molecule has 0 fully saturated rings. The lowest BCUT2D eigenvalue weighted by Crippen LogP contribution is -2.29. The molecule has 1 aromatic carbocycles. The Balaban J connectivity index is 0.00000256. The number of halogens is 4. The van der Waals surface area contributed by atoms with Gasteiger partial charge in [-0.25, -0.2) is 0 Å². The maximum atomic E-state index is 12.5. The van der Waals surface area contributed by atoms with Gasteiger partial charge in [-0.15, -0.1) is 12.4 Å². The zero-order valence-electron chi connectivity index (χ0n) is 9.25. The van der Waals surface area contributed by atoms with Crippen LogP contribution in [0.2, 0.25) is 0 Å². The number of methoxy groups -OCH3 is 2. The largest absolute Gasteiger partial charge is 0.496 e. The van der Waals surface area contributed by atoms with Gasteiger partial charge in [-0.1, -0.05) is 6.07 Å². The Labute approximate surface area is 103 Å². The van der Waals surface area contributed by atoms with E-state index >= 15 is 0 Å². The normalized spacial score (nSPS) is 12.6. The lowest BCUT2D eigenvalue weighted by Gasteiger charge is -2.20. The summed E-state index contributed by atoms with van der Waals surface area (Å²) in [6.45, 7) is 0. The molecule has 0 aliphatic carbocycles. The van der Waals surface area contributed by atoms with Crippen molar-refractivity contribution in [3.63, 3.8) is 0 Å². The van der Waals surface area contributed by atoms with Crippen LogP contribution in [0.15, 0.2) is 18.2 Å². The number of hydrogen-bond donors (Lipinski definition) is 1. The second-order valence-corrected chi connectivity index (χ2v) is 3.10. The summed E-state index contributed by atoms with van der Waals surface area (Å²) in [4.78, 5) is 0. The molecule has 17 heavy (non-hydrogen) atoms. The van der Waals surface area contributed by atoms with Gasteiger partial charge in [0.25, 0.3) is 0 Å². The first-order valence-corrected chi connectivity index (χ1v) is 4.45. The Bertz CT molecular complexity index is 349. The predicted octanol–water partition coefficient (Wildman–Crippen LogP) is 2.69. The van der Waals surface area contributed by atoms with Crippen LogP contribution in [-0.4, -0.2) is 20.4 Å². The lowest BCUT2D eigenvalue weighted by atomic mass is 10.0. The van der Waals surface area contributed by atoms with Gasteiger partial charge in [-0.3, -0.25) is 0 Å². The SMILES string of the molecule is COc1cccc(OC)c1[C@H](N)C(F)(F)F.Cl. The van der Waals surface area contributed by atoms with Crippen molar-refractivity contribution in [2.75, 3.05) is 14.2 Å². The summed E-state index contributed by atoms with van der Waals surface area (Å²) in [5.41, 5.74) is 4.95. The molecule has 0 saturated heterocycles. The van der Waals surface area contributed by atoms with Crippen molar-refractivity contribution in [1.29, 1.82) is 0 Å². The standard InChI is InChI=1S/C10H12F3NO2.ClH/c1-15-6-4-3-5-7(16-2)8(6)9(14)10(11,12)13;/h3-5,9H,14H2,1-2H3;1H/t9-;/m0./s1. The van der Waals surface area contributed by atoms with Crippen LogP contribution in [0.5, 0.6) is 11.5 Å². The van der Waals surface area contributed by atoms with Crippen LogP contribution in [0.1, 0.15) is 11.6 Å². The van der Waals surface area contributed by atoms with Crippen LogP contribution in [-0.2, 0) is 0 Å². The number of alkyl halides is 3. The third-order valence-corrected chi connectivity index (χ3v) is 2.13. The zero-order valence-corrected chi connectivity index (χ0v) is 10.1. The Hall–Kier alpha value is -1.14. The van der Waals surface area contributed by atoms with E-state index in [1.165, 1.54) is 32.4 Å². The van der Waals surface area contributed by atoms with Gasteiger partial charge in [0.15, 0.2) is 0 Å². The van der Waals surface area contributed by atoms with E-state index in [4.69, 9.17) is 15.2 Å². The minimum Gasteiger partial charge on any atom is -0.496 e. The van der Waals surface area contributed by atoms with Gasteiger partial charge in [-0.05, 0) is 12.1 Å². The molecule has 0 radical (unpaired) electrons. The molecule has 1 atom stereocenters. The topological polar surface area (TPSA) is 44.5 Å². The van der Waals surface area contributed by atoms with Crippen molar-refractivity contribution >= 4 is 12.4 Å². The van der Waals surface area contributed by atoms with E-state index in [1.54, 1.807) is 0 Å². The highest BCUT2D eigenvalue weighted by Crippen LogP contribution is 2.40. The minimum atomic E-state index is -4.54. The summed E-state index contributed by atoms with van der Waals surface area (Å²) in [6, 6.07) is 2.22. The van der Waals surface area contributed by atoms with Gasteiger partial charge < -0.3 is 15.2 Å². The molecule has 0 spiro atoms. The molecule has 2 N–H and O–H groups in total. The third kappa shape index (κ3) is 3.41. The predicted molar refractivity (Wildman–Crippen MR) is 59.8 cm³/mol. The average molecular weight is 272 g/mol. The van der Waals surface area contributed by atoms with E-state index in [0.717, 1.165) is 0 Å². The summed E-state index contributed by atoms with van der Waals surface area (Å²) >= 11 is 0. The molecule has 1 aromatic rings. The van der Waals surface area contributed by atoms with Gasteiger partial charge in [-0.2, -0.15) is 13.2 Å². The number of benzene rings is 1. The van der Waals surface area contributed by atoms with Gasteiger partial charge >= 0.3 is 6.18 Å². The van der Waals surface area contributed by atoms with Gasteiger partial charge in [0.2, 0.25) is 0 Å². The number of nitrogens with two attached hydrogens (primary N) is 1. The van der Waals surface area contributed by atoms with Crippen molar-refractivity contribution in [2.45, 2.75) is 12.2 Å². The maximum Gasteiger partial charge on any atom is 0.407 e. The first-order valence-electron chi connectivity index (χ1n) is 4.45. The molecule has 98 valence electrons. The summed E-state index contributed by atoms with van der Waals surface area (Å²) in [5.74, 6) is 0.119. The highest BCUT2D eigenvalue weighted by atomic mass is 35.5. The first kappa shape index (κ1) is 15.9. The monoisotopic (exact) mass is 271 g/mol. The van der Waals surface area contributed by atoms with Crippen molar-refractivity contribution in [2.24, 2.45) is 5.73 Å². The van der Waals surface area contributed by atoms with Gasteiger partial charge in [0.05, 0.1) is 19.8 Å². The van der Waals surface area contributed by atoms with Crippen molar-refractivity contribution in [3.8, 4) is 11.5 Å². The van der Waals surface area contributed by atoms with Gasteiger partial charge in [0.1, 0.15) is 17.5 Å². The quantitative estimate of drug-likeness (QED) is 0.919. The molecule has 0 bridgehead atoms. The summed E-state index contributed by atoms with van der Waals surface area (Å²) in [5, 5.41) is 0. The van der Waals surface area contributed by atoms with E-state index in [9.17, 15) is 13.2 Å². The van der Waals surface area contributed by atoms with Gasteiger partial charge in [0, 0.05) is 0 Å². The molecule has 0 unspecified atom stereocenters. The van der Waals surface area contributed by atoms with Crippen LogP contribution in [0, 0.1) is 0 Å². The Morgan fingerprint density at radius 3 is 1.82 bits per heavy atom. The van der Waals surface area contributed by atoms with Crippen LogP contribution >= 0.6 is 12.4 Å². The third-order valence-electron chi connectivity index (χ3n) is 2.13. The number of hydrogen-bond acceptors (Lipinski definition) is 3. The summed E-state index contributed by atoms with van der Waals surface area (Å²) in [6.07, 6.45) is -4.54. The van der Waals surface area contributed by atoms with Crippen LogP contribution in [0.25, 0.3) is 0 Å². The highest BCUT2D eigenvalue weighted by Gasteiger charge is 2.41. The molecule has 7 heteroatoms. The minimum absolute atomic E-state index is 0. The molecule has 0 saturated carbocycles. The first-order chi connectivity index (χ1) is 7.41. The molecule has 0 aliphatic heterocycles. The fourth-order valence-electron chi connectivity index (χ4n) is 1.35. The summed E-state index contributed by atoms with van der Waals surface area (Å²) in [7, 11) is 2.56. The fourth-order valence-corrected chi connectivity index (χ4v) is 1.35. The second-order valence-electron chi connectivity index (χ2n) is 3.10. The molecular formula is C10H13ClF3NO2. The molecule has 1 rings (SSSR count). The molecule has 0 aliphatic rings. The Kier molecular flexibility index (Phi) is 5.57. The van der Waals surface area contributed by atoms with Crippen molar-refractivity contribution < 1.29 is 22.6 Å². The smallest absolute Gasteiger partial charge is 0.407 e. The van der Waals surface area contributed by atoms with E-state index in [0.29, 0.717) is 0 Å². The van der Waals surface area contributed by atoms with Crippen LogP contribution in [0.3, 0.4) is 0 Å². The number of ether oxygens (including phenoxy) is 2. The van der Waals surface area contributed by atoms with Crippen molar-refractivity contribution in [1.82, 2.24) is 0 Å².